The average Bonchev–Trinajstić information content (AvgIpc) is 0.669. The Hall–Kier alpha value is -8.64. The van der Waals surface area contributed by atoms with Crippen molar-refractivity contribution in [2.24, 2.45) is 35.5 Å². The van der Waals surface area contributed by atoms with E-state index in [4.69, 9.17) is 69.5 Å². The molecule has 0 spiro atoms. The molecule has 15 atom stereocenters. The first-order valence-electron chi connectivity index (χ1n) is 66.4. The molecule has 0 aromatic heterocycles. The van der Waals surface area contributed by atoms with E-state index in [1.165, 1.54) is 23.6 Å². The highest BCUT2D eigenvalue weighted by Crippen LogP contribution is 2.61. The summed E-state index contributed by atoms with van der Waals surface area (Å²) in [5.41, 5.74) is 4.49. The third-order valence-electron chi connectivity index (χ3n) is 30.8. The van der Waals surface area contributed by atoms with Crippen LogP contribution in [-0.2, 0) is 38.5 Å². The highest BCUT2D eigenvalue weighted by Gasteiger charge is 2.52. The van der Waals surface area contributed by atoms with Crippen LogP contribution in [0.5, 0.6) is 69.0 Å². The fourth-order valence-electron chi connectivity index (χ4n) is 23.5. The molecule has 6 heterocycles. The molecule has 0 amide bonds. The predicted molar refractivity (Wildman–Crippen MR) is 562 cm³/mol. The largest absolute Gasteiger partial charge is 0.507 e. The van der Waals surface area contributed by atoms with Crippen LogP contribution in [0.1, 0.15) is 489 Å². The number of fused-ring (bicyclic) bond motifs is 18. The number of benzene rings is 6. The van der Waals surface area contributed by atoms with Gasteiger partial charge in [0.15, 0.2) is 0 Å². The molecule has 12 heteroatoms. The molecule has 0 saturated carbocycles. The minimum atomic E-state index is -3.00. The second-order valence-corrected chi connectivity index (χ2v) is 42.3. The maximum absolute atomic E-state index is 10.9. The van der Waals surface area contributed by atoms with Crippen molar-refractivity contribution in [2.45, 2.75) is 453 Å². The van der Waals surface area contributed by atoms with Crippen LogP contribution in [0.3, 0.4) is 0 Å². The standard InChI is InChI=1S/5C21H30O2.C19H26O2/c5*1-5-6-7-8-15-12-18(22)20-16-11-14(2)9-10-17(16)21(3,4)23-19(20)13-15;1-5-6-13-10-16(20)18-14-9-12(2)7-8-15(14)19(3,4)21-17(18)11-13/h5*11-13,16-17,22H,5-10H2,1-4H3;9-11,14-15,20H,5-8H2,1-4H3/i2D3,3D3,4D3;3D3,4D3;2D3,3D3;3D3;2D3;3D3. The minimum Gasteiger partial charge on any atom is -0.507 e. The smallest absolute Gasteiger partial charge is 0.127 e. The van der Waals surface area contributed by atoms with E-state index in [1.54, 1.807) is 63.2 Å². The monoisotopic (exact) mass is 1890 g/mol. The van der Waals surface area contributed by atoms with Gasteiger partial charge in [-0.25, -0.2) is 0 Å². The summed E-state index contributed by atoms with van der Waals surface area (Å²) >= 11 is 0. The van der Waals surface area contributed by atoms with E-state index in [2.05, 4.69) is 81.4 Å². The lowest BCUT2D eigenvalue weighted by Crippen LogP contribution is -2.45. The van der Waals surface area contributed by atoms with Crippen molar-refractivity contribution < 1.29 is 100 Å². The molecular formula is C124H176O12. The molecule has 12 aliphatic rings. The van der Waals surface area contributed by atoms with Gasteiger partial charge in [-0.15, -0.1) is 0 Å². The molecule has 0 saturated heterocycles. The Morgan fingerprint density at radius 2 is 0.426 bits per heavy atom. The Morgan fingerprint density at radius 3 is 0.632 bits per heavy atom. The molecule has 0 radical (unpaired) electrons. The zero-order chi connectivity index (χ0) is 123. The lowest BCUT2D eigenvalue weighted by Gasteiger charge is -2.46. The van der Waals surface area contributed by atoms with Crippen molar-refractivity contribution in [2.75, 3.05) is 0 Å². The minimum absolute atomic E-state index is 0.00744. The van der Waals surface area contributed by atoms with Gasteiger partial charge in [0.05, 0.1) is 0 Å². The summed E-state index contributed by atoms with van der Waals surface area (Å²) in [5.74, 6) is -1.60. The van der Waals surface area contributed by atoms with E-state index < -0.39 is 132 Å². The normalized spacial score (nSPS) is 31.6. The van der Waals surface area contributed by atoms with Gasteiger partial charge >= 0.3 is 0 Å². The van der Waals surface area contributed by atoms with Crippen LogP contribution in [0.15, 0.2) is 143 Å². The maximum atomic E-state index is 10.9. The third kappa shape index (κ3) is 24.1. The Kier molecular flexibility index (Phi) is 23.2. The summed E-state index contributed by atoms with van der Waals surface area (Å²) in [4.78, 5) is 0. The van der Waals surface area contributed by atoms with Crippen LogP contribution in [0, 0.1) is 35.5 Å². The zero-order valence-corrected chi connectivity index (χ0v) is 83.5. The number of hydrogen-bond acceptors (Lipinski definition) is 12. The van der Waals surface area contributed by atoms with Gasteiger partial charge < -0.3 is 59.1 Å². The summed E-state index contributed by atoms with van der Waals surface area (Å²) in [6, 6.07) is 21.5. The van der Waals surface area contributed by atoms with Gasteiger partial charge in [0.2, 0.25) is 0 Å². The molecule has 0 bridgehead atoms. The number of phenolic OH excluding ortho intramolecular Hbond substituents is 6. The van der Waals surface area contributed by atoms with E-state index in [0.717, 1.165) is 211 Å². The highest BCUT2D eigenvalue weighted by atomic mass is 16.5. The second kappa shape index (κ2) is 44.5. The lowest BCUT2D eigenvalue weighted by atomic mass is 9.68. The Labute approximate surface area is 863 Å². The van der Waals surface area contributed by atoms with E-state index in [9.17, 15) is 30.6 Å². The van der Waals surface area contributed by atoms with Crippen molar-refractivity contribution in [1.29, 1.82) is 0 Å². The summed E-state index contributed by atoms with van der Waals surface area (Å²) in [7, 11) is 0. The first-order chi connectivity index (χ1) is 76.9. The summed E-state index contributed by atoms with van der Waals surface area (Å²) < 4.78 is 277. The molecule has 18 rings (SSSR count). The van der Waals surface area contributed by atoms with E-state index >= 15 is 0 Å². The molecule has 6 aliphatic carbocycles. The van der Waals surface area contributed by atoms with Gasteiger partial charge in [0, 0.05) is 146 Å². The predicted octanol–water partition coefficient (Wildman–Crippen LogP) is 33.6. The summed E-state index contributed by atoms with van der Waals surface area (Å²) in [6.07, 6.45) is 38.9. The van der Waals surface area contributed by atoms with Crippen molar-refractivity contribution >= 4 is 0 Å². The fourth-order valence-corrected chi connectivity index (χ4v) is 23.5. The van der Waals surface area contributed by atoms with Crippen LogP contribution in [0.4, 0.5) is 0 Å². The molecule has 12 nitrogen and oxygen atoms in total. The number of phenols is 6. The first-order valence-corrected chi connectivity index (χ1v) is 51.4. The topological polar surface area (TPSA) is 177 Å². The maximum Gasteiger partial charge on any atom is 0.127 e. The molecule has 6 aliphatic heterocycles. The van der Waals surface area contributed by atoms with Gasteiger partial charge in [0.25, 0.3) is 0 Å². The van der Waals surface area contributed by atoms with Crippen molar-refractivity contribution in [3.05, 3.63) is 209 Å². The summed E-state index contributed by atoms with van der Waals surface area (Å²) in [5, 5.41) is 64.6. The second-order valence-electron chi connectivity index (χ2n) is 42.3. The molecule has 0 fully saturated rings. The van der Waals surface area contributed by atoms with E-state index in [-0.39, 0.29) is 111 Å². The molecule has 744 valence electrons. The Bertz CT molecular complexity index is 6530. The number of hydrogen-bond donors (Lipinski definition) is 6. The SMILES string of the molecule is [2H]C([2H])([2H])C1(C([2H])([2H])[2H])Oc2cc(CCCCC)cc(O)c2C2C=C(C)CCC21.[2H]C([2H])([2H])C1(C)Oc2cc(CCC)cc(O)c2C2C=C(C)CCC21.[2H]C([2H])([2H])C1(C)Oc2cc(CCCCC)cc(O)c2C2C=C(C)CCC21.[2H]C([2H])([2H])C1=CC2c3c(O)cc(CCCCC)cc3OC(C([2H])([2H])[2H])(C([2H])([2H])[2H])C2CC1.[2H]C([2H])([2H])C1=CC2c3c(O)cc(CCCCC)cc3OC(C)(C([2H])([2H])[2H])C2CC1.[2H]C([2H])([2H])C1=CC2c3c(O)cc(CCCCC)cc3OC(C)(C)C2CC1. The average molecular weight is 1890 g/mol. The van der Waals surface area contributed by atoms with Crippen LogP contribution < -0.4 is 28.4 Å². The number of allylic oxidation sites excluding steroid dienone is 12. The van der Waals surface area contributed by atoms with Crippen LogP contribution in [0.2, 0.25) is 0 Å². The molecule has 6 aromatic carbocycles. The lowest BCUT2D eigenvalue weighted by molar-refractivity contribution is 0.0104. The zero-order valence-electron chi connectivity index (χ0n) is 113. The number of unbranched alkanes of at least 4 members (excludes halogenated alkanes) is 10. The van der Waals surface area contributed by atoms with Crippen molar-refractivity contribution in [3.63, 3.8) is 0 Å². The Balaban J connectivity index is 0.000000164. The molecule has 6 aromatic rings. The van der Waals surface area contributed by atoms with E-state index in [0.29, 0.717) is 89.4 Å². The number of rotatable bonds is 22. The van der Waals surface area contributed by atoms with Gasteiger partial charge in [0.1, 0.15) is 103 Å². The highest BCUT2D eigenvalue weighted by molar-refractivity contribution is 5.60. The molecular weight excluding hydrogens is 1680 g/mol. The van der Waals surface area contributed by atoms with Crippen LogP contribution in [-0.4, -0.2) is 64.2 Å². The third-order valence-corrected chi connectivity index (χ3v) is 30.8. The summed E-state index contributed by atoms with van der Waals surface area (Å²) in [6.45, 7) is 2.77. The van der Waals surface area contributed by atoms with Gasteiger partial charge in [-0.3, -0.25) is 0 Å². The van der Waals surface area contributed by atoms with Crippen molar-refractivity contribution in [3.8, 4) is 69.0 Å². The molecule has 15 unspecified atom stereocenters. The fraction of sp³-hybridized carbons (Fsp3) is 0.613. The van der Waals surface area contributed by atoms with Gasteiger partial charge in [-0.1, -0.05) is 182 Å². The number of aryl methyl sites for hydroxylation is 6. The van der Waals surface area contributed by atoms with Gasteiger partial charge in [-0.2, -0.15) is 0 Å². The molecule has 136 heavy (non-hydrogen) atoms. The van der Waals surface area contributed by atoms with Crippen molar-refractivity contribution in [1.82, 2.24) is 0 Å². The number of aromatic hydroxyl groups is 6. The Morgan fingerprint density at radius 1 is 0.243 bits per heavy atom. The van der Waals surface area contributed by atoms with Crippen LogP contribution in [0.25, 0.3) is 0 Å². The first kappa shape index (κ1) is 70.9. The molecule has 6 N–H and O–H groups in total. The number of ether oxygens (including phenoxy) is 6. The quantitative estimate of drug-likeness (QED) is 0.0281. The van der Waals surface area contributed by atoms with Gasteiger partial charge in [-0.05, 0) is 378 Å². The van der Waals surface area contributed by atoms with Crippen LogP contribution >= 0.6 is 0 Å². The van der Waals surface area contributed by atoms with E-state index in [1.807, 2.05) is 55.5 Å².